The van der Waals surface area contributed by atoms with Crippen LogP contribution in [0.4, 0.5) is 0 Å². The van der Waals surface area contributed by atoms with E-state index in [9.17, 15) is 9.59 Å². The summed E-state index contributed by atoms with van der Waals surface area (Å²) in [7, 11) is 0. The minimum atomic E-state index is -1.60. The zero-order valence-corrected chi connectivity index (χ0v) is 18.4. The third-order valence-electron chi connectivity index (χ3n) is 5.75. The molecular weight excluding hydrogens is 424 g/mol. The Balaban J connectivity index is 1.67. The van der Waals surface area contributed by atoms with E-state index >= 15 is 0 Å². The molecule has 0 fully saturated rings. The molecule has 4 aromatic rings. The molecule has 0 N–H and O–H groups in total. The molecule has 0 bridgehead atoms. The fourth-order valence-electron chi connectivity index (χ4n) is 4.12. The van der Waals surface area contributed by atoms with Crippen LogP contribution in [0, 0.1) is 0 Å². The molecule has 1 aliphatic heterocycles. The summed E-state index contributed by atoms with van der Waals surface area (Å²) in [6, 6.07) is 36.7. The van der Waals surface area contributed by atoms with Gasteiger partial charge in [-0.2, -0.15) is 0 Å². The molecule has 1 atom stereocenters. The van der Waals surface area contributed by atoms with Gasteiger partial charge in [-0.05, 0) is 17.7 Å². The highest BCUT2D eigenvalue weighted by Crippen LogP contribution is 2.45. The molecule has 4 aromatic carbocycles. The van der Waals surface area contributed by atoms with Gasteiger partial charge in [-0.1, -0.05) is 109 Å². The topological polar surface area (TPSA) is 52.6 Å². The number of benzene rings is 4. The quantitative estimate of drug-likeness (QED) is 0.340. The minimum absolute atomic E-state index is 0.143. The first-order valence-corrected chi connectivity index (χ1v) is 11.1. The summed E-state index contributed by atoms with van der Waals surface area (Å²) in [5.74, 6) is -1.95. The van der Waals surface area contributed by atoms with Crippen LogP contribution in [0.25, 0.3) is 11.3 Å². The summed E-state index contributed by atoms with van der Waals surface area (Å²) in [5, 5.41) is 0. The largest absolute Gasteiger partial charge is 0.446 e. The Kier molecular flexibility index (Phi) is 5.79. The van der Waals surface area contributed by atoms with Crippen LogP contribution in [0.2, 0.25) is 0 Å². The van der Waals surface area contributed by atoms with E-state index in [1.54, 1.807) is 24.3 Å². The molecule has 5 rings (SSSR count). The van der Waals surface area contributed by atoms with Crippen LogP contribution >= 0.6 is 0 Å². The Hall–Kier alpha value is -4.44. The standard InChI is InChI=1S/C30H22O4/c31-26-21-30(25-19-11-4-12-20-25,34-29(32)24-17-9-3-10-18-24)33-28(23-15-7-2-8-16-23)27(26)22-13-5-1-6-14-22/h1-20H,21H2/t30-/m1/s1. The fraction of sp³-hybridized carbons (Fsp3) is 0.0667. The zero-order valence-electron chi connectivity index (χ0n) is 18.4. The fourth-order valence-corrected chi connectivity index (χ4v) is 4.12. The second-order valence-corrected chi connectivity index (χ2v) is 8.01. The van der Waals surface area contributed by atoms with Gasteiger partial charge >= 0.3 is 5.97 Å². The van der Waals surface area contributed by atoms with Gasteiger partial charge in [0.1, 0.15) is 5.76 Å². The number of hydrogen-bond donors (Lipinski definition) is 0. The number of ketones is 1. The highest BCUT2D eigenvalue weighted by molar-refractivity contribution is 6.28. The van der Waals surface area contributed by atoms with Gasteiger partial charge in [-0.25, -0.2) is 4.79 Å². The van der Waals surface area contributed by atoms with Gasteiger partial charge < -0.3 is 9.47 Å². The Bertz CT molecular complexity index is 1330. The monoisotopic (exact) mass is 446 g/mol. The van der Waals surface area contributed by atoms with Crippen LogP contribution in [0.3, 0.4) is 0 Å². The van der Waals surface area contributed by atoms with E-state index in [2.05, 4.69) is 0 Å². The van der Waals surface area contributed by atoms with Crippen molar-refractivity contribution in [3.8, 4) is 0 Å². The number of rotatable bonds is 5. The van der Waals surface area contributed by atoms with Crippen molar-refractivity contribution >= 4 is 23.1 Å². The molecule has 4 heteroatoms. The molecule has 0 saturated carbocycles. The number of esters is 1. The van der Waals surface area contributed by atoms with Gasteiger partial charge in [0, 0.05) is 11.1 Å². The summed E-state index contributed by atoms with van der Waals surface area (Å²) in [5.41, 5.74) is 2.92. The van der Waals surface area contributed by atoms with E-state index < -0.39 is 11.8 Å². The van der Waals surface area contributed by atoms with Crippen LogP contribution in [0.5, 0.6) is 0 Å². The molecule has 4 nitrogen and oxygen atoms in total. The summed E-state index contributed by atoms with van der Waals surface area (Å²) in [6.45, 7) is 0. The van der Waals surface area contributed by atoms with Crippen molar-refractivity contribution in [1.82, 2.24) is 0 Å². The molecule has 34 heavy (non-hydrogen) atoms. The predicted molar refractivity (Wildman–Crippen MR) is 130 cm³/mol. The van der Waals surface area contributed by atoms with Crippen molar-refractivity contribution in [2.24, 2.45) is 0 Å². The molecule has 0 radical (unpaired) electrons. The lowest BCUT2D eigenvalue weighted by Gasteiger charge is -2.38. The number of hydrogen-bond acceptors (Lipinski definition) is 4. The van der Waals surface area contributed by atoms with E-state index in [4.69, 9.17) is 9.47 Å². The van der Waals surface area contributed by atoms with Crippen molar-refractivity contribution < 1.29 is 19.1 Å². The molecule has 0 amide bonds. The minimum Gasteiger partial charge on any atom is -0.446 e. The number of allylic oxidation sites excluding steroid dienone is 1. The van der Waals surface area contributed by atoms with Gasteiger partial charge in [0.25, 0.3) is 5.79 Å². The first-order valence-electron chi connectivity index (χ1n) is 11.1. The van der Waals surface area contributed by atoms with Gasteiger partial charge in [0.15, 0.2) is 5.78 Å². The van der Waals surface area contributed by atoms with Crippen LogP contribution in [0.15, 0.2) is 121 Å². The molecule has 0 aliphatic carbocycles. The maximum Gasteiger partial charge on any atom is 0.341 e. The molecule has 0 unspecified atom stereocenters. The van der Waals surface area contributed by atoms with E-state index in [-0.39, 0.29) is 12.2 Å². The Labute approximate surface area is 198 Å². The lowest BCUT2D eigenvalue weighted by atomic mass is 9.88. The first-order chi connectivity index (χ1) is 16.7. The summed E-state index contributed by atoms with van der Waals surface area (Å²) in [6.07, 6.45) is -0.143. The zero-order chi connectivity index (χ0) is 23.4. The van der Waals surface area contributed by atoms with E-state index in [0.717, 1.165) is 11.1 Å². The van der Waals surface area contributed by atoms with Crippen molar-refractivity contribution in [1.29, 1.82) is 0 Å². The summed E-state index contributed by atoms with van der Waals surface area (Å²) < 4.78 is 12.6. The molecule has 0 aromatic heterocycles. The van der Waals surface area contributed by atoms with Crippen molar-refractivity contribution in [2.45, 2.75) is 12.2 Å². The van der Waals surface area contributed by atoms with Gasteiger partial charge in [-0.15, -0.1) is 0 Å². The van der Waals surface area contributed by atoms with Crippen LogP contribution in [-0.4, -0.2) is 11.8 Å². The molecule has 0 saturated heterocycles. The van der Waals surface area contributed by atoms with Crippen LogP contribution in [0.1, 0.15) is 33.5 Å². The second kappa shape index (κ2) is 9.20. The van der Waals surface area contributed by atoms with Gasteiger partial charge in [0.2, 0.25) is 0 Å². The second-order valence-electron chi connectivity index (χ2n) is 8.01. The van der Waals surface area contributed by atoms with Crippen molar-refractivity contribution in [3.63, 3.8) is 0 Å². The molecule has 1 heterocycles. The van der Waals surface area contributed by atoms with Crippen LogP contribution in [-0.2, 0) is 20.1 Å². The maximum absolute atomic E-state index is 13.8. The number of carbonyl (C=O) groups excluding carboxylic acids is 2. The molecule has 0 spiro atoms. The van der Waals surface area contributed by atoms with Crippen LogP contribution < -0.4 is 0 Å². The van der Waals surface area contributed by atoms with Crippen molar-refractivity contribution in [2.75, 3.05) is 0 Å². The summed E-state index contributed by atoms with van der Waals surface area (Å²) in [4.78, 5) is 26.9. The van der Waals surface area contributed by atoms with Gasteiger partial charge in [0.05, 0.1) is 17.6 Å². The normalized spacial score (nSPS) is 17.7. The maximum atomic E-state index is 13.8. The first kappa shape index (κ1) is 21.4. The highest BCUT2D eigenvalue weighted by Gasteiger charge is 2.47. The Morgan fingerprint density at radius 2 is 1.18 bits per heavy atom. The highest BCUT2D eigenvalue weighted by atomic mass is 16.7. The van der Waals surface area contributed by atoms with E-state index in [1.807, 2.05) is 97.1 Å². The Morgan fingerprint density at radius 1 is 0.676 bits per heavy atom. The van der Waals surface area contributed by atoms with Gasteiger partial charge in [-0.3, -0.25) is 4.79 Å². The van der Waals surface area contributed by atoms with Crippen molar-refractivity contribution in [3.05, 3.63) is 144 Å². The third-order valence-corrected chi connectivity index (χ3v) is 5.75. The third kappa shape index (κ3) is 4.14. The number of ether oxygens (including phenoxy) is 2. The molecular formula is C30H22O4. The predicted octanol–water partition coefficient (Wildman–Crippen LogP) is 6.25. The van der Waals surface area contributed by atoms with E-state index in [1.165, 1.54) is 0 Å². The molecule has 166 valence electrons. The Morgan fingerprint density at radius 3 is 1.76 bits per heavy atom. The number of carbonyl (C=O) groups is 2. The van der Waals surface area contributed by atoms with E-state index in [0.29, 0.717) is 22.5 Å². The average molecular weight is 447 g/mol. The number of Topliss-reactive ketones (excluding diaryl/α,β-unsaturated/α-hetero) is 1. The SMILES string of the molecule is O=C1C[C@@](OC(=O)c2ccccc2)(c2ccccc2)OC(c2ccccc2)=C1c1ccccc1. The lowest BCUT2D eigenvalue weighted by Crippen LogP contribution is -2.40. The lowest BCUT2D eigenvalue weighted by molar-refractivity contribution is -0.180. The molecule has 1 aliphatic rings. The average Bonchev–Trinajstić information content (AvgIpc) is 2.90. The smallest absolute Gasteiger partial charge is 0.341 e. The summed E-state index contributed by atoms with van der Waals surface area (Å²) >= 11 is 0.